The monoisotopic (exact) mass is 374 g/mol. The van der Waals surface area contributed by atoms with Crippen LogP contribution in [0.25, 0.3) is 0 Å². The van der Waals surface area contributed by atoms with E-state index in [1.807, 2.05) is 0 Å². The minimum Gasteiger partial charge on any atom is -0.489 e. The second-order valence-electron chi connectivity index (χ2n) is 5.94. The Bertz CT molecular complexity index is 821. The predicted octanol–water partition coefficient (Wildman–Crippen LogP) is 3.64. The van der Waals surface area contributed by atoms with Crippen LogP contribution in [-0.2, 0) is 16.0 Å². The van der Waals surface area contributed by atoms with Crippen LogP contribution >= 0.6 is 11.6 Å². The lowest BCUT2D eigenvalue weighted by Crippen LogP contribution is -2.14. The van der Waals surface area contributed by atoms with Crippen LogP contribution in [-0.4, -0.2) is 25.0 Å². The first-order valence-electron chi connectivity index (χ1n) is 8.27. The van der Waals surface area contributed by atoms with Crippen molar-refractivity contribution in [1.82, 2.24) is 0 Å². The Kier molecular flexibility index (Phi) is 5.63. The molecule has 0 bridgehead atoms. The lowest BCUT2D eigenvalue weighted by Gasteiger charge is -2.12. The fraction of sp³-hybridized carbons (Fsp3) is 0.263. The van der Waals surface area contributed by atoms with Crippen LogP contribution in [0.2, 0.25) is 5.02 Å². The first-order valence-corrected chi connectivity index (χ1v) is 8.64. The standard InChI is InChI=1S/C19H19ClN2O4/c1-12(23)21-14-3-5-15(6-4-14)22-18(24)11-13-9-16(20)19-17(10-13)25-7-2-8-26-19/h3-6,9-10H,2,7-8,11H2,1H3,(H,21,23)(H,22,24). The molecule has 0 saturated carbocycles. The van der Waals surface area contributed by atoms with Crippen molar-refractivity contribution in [2.24, 2.45) is 0 Å². The van der Waals surface area contributed by atoms with Crippen molar-refractivity contribution in [1.29, 1.82) is 0 Å². The van der Waals surface area contributed by atoms with Gasteiger partial charge in [-0.2, -0.15) is 0 Å². The first-order chi connectivity index (χ1) is 12.5. The van der Waals surface area contributed by atoms with Crippen LogP contribution in [0.5, 0.6) is 11.5 Å². The molecule has 2 aromatic rings. The highest BCUT2D eigenvalue weighted by Gasteiger charge is 2.16. The van der Waals surface area contributed by atoms with E-state index < -0.39 is 0 Å². The number of amides is 2. The molecule has 2 N–H and O–H groups in total. The molecule has 0 atom stereocenters. The Labute approximate surface area is 156 Å². The summed E-state index contributed by atoms with van der Waals surface area (Å²) in [7, 11) is 0. The van der Waals surface area contributed by atoms with E-state index in [0.29, 0.717) is 41.1 Å². The zero-order valence-corrected chi connectivity index (χ0v) is 15.1. The molecule has 2 aromatic carbocycles. The van der Waals surface area contributed by atoms with Crippen molar-refractivity contribution < 1.29 is 19.1 Å². The zero-order chi connectivity index (χ0) is 18.5. The van der Waals surface area contributed by atoms with Crippen LogP contribution in [0.4, 0.5) is 11.4 Å². The highest BCUT2D eigenvalue weighted by molar-refractivity contribution is 6.32. The molecule has 136 valence electrons. The van der Waals surface area contributed by atoms with Gasteiger partial charge in [-0.1, -0.05) is 11.6 Å². The molecule has 0 unspecified atom stereocenters. The summed E-state index contributed by atoms with van der Waals surface area (Å²) in [6.45, 7) is 2.55. The molecule has 1 heterocycles. The molecule has 6 nitrogen and oxygen atoms in total. The minimum atomic E-state index is -0.178. The molecular weight excluding hydrogens is 356 g/mol. The van der Waals surface area contributed by atoms with E-state index in [2.05, 4.69) is 10.6 Å². The van der Waals surface area contributed by atoms with E-state index in [1.54, 1.807) is 36.4 Å². The van der Waals surface area contributed by atoms with Crippen molar-refractivity contribution >= 4 is 34.8 Å². The highest BCUT2D eigenvalue weighted by atomic mass is 35.5. The third kappa shape index (κ3) is 4.67. The summed E-state index contributed by atoms with van der Waals surface area (Å²) >= 11 is 6.25. The van der Waals surface area contributed by atoms with Gasteiger partial charge < -0.3 is 20.1 Å². The molecule has 0 aromatic heterocycles. The molecule has 1 aliphatic heterocycles. The van der Waals surface area contributed by atoms with Gasteiger partial charge in [0.2, 0.25) is 11.8 Å². The fourth-order valence-electron chi connectivity index (χ4n) is 2.62. The number of fused-ring (bicyclic) bond motifs is 1. The highest BCUT2D eigenvalue weighted by Crippen LogP contribution is 2.38. The third-order valence-corrected chi connectivity index (χ3v) is 4.00. The number of carbonyl (C=O) groups is 2. The summed E-state index contributed by atoms with van der Waals surface area (Å²) in [4.78, 5) is 23.3. The van der Waals surface area contributed by atoms with Crippen molar-refractivity contribution in [2.45, 2.75) is 19.8 Å². The van der Waals surface area contributed by atoms with Gasteiger partial charge in [0.15, 0.2) is 11.5 Å². The minimum absolute atomic E-state index is 0.145. The van der Waals surface area contributed by atoms with Crippen LogP contribution in [0.1, 0.15) is 18.9 Å². The Morgan fingerprint density at radius 1 is 1.04 bits per heavy atom. The molecule has 26 heavy (non-hydrogen) atoms. The molecule has 0 saturated heterocycles. The fourth-order valence-corrected chi connectivity index (χ4v) is 2.90. The van der Waals surface area contributed by atoms with Crippen molar-refractivity contribution in [3.8, 4) is 11.5 Å². The number of nitrogens with one attached hydrogen (secondary N) is 2. The summed E-state index contributed by atoms with van der Waals surface area (Å²) < 4.78 is 11.2. The van der Waals surface area contributed by atoms with Gasteiger partial charge in [0.25, 0.3) is 0 Å². The van der Waals surface area contributed by atoms with Gasteiger partial charge in [0.1, 0.15) is 0 Å². The maximum atomic E-state index is 12.3. The van der Waals surface area contributed by atoms with Crippen molar-refractivity contribution in [2.75, 3.05) is 23.8 Å². The molecule has 2 amide bonds. The maximum absolute atomic E-state index is 12.3. The van der Waals surface area contributed by atoms with Gasteiger partial charge in [-0.05, 0) is 42.0 Å². The van der Waals surface area contributed by atoms with Crippen LogP contribution in [0, 0.1) is 0 Å². The largest absolute Gasteiger partial charge is 0.489 e. The molecule has 1 aliphatic rings. The lowest BCUT2D eigenvalue weighted by molar-refractivity contribution is -0.116. The quantitative estimate of drug-likeness (QED) is 0.856. The molecule has 0 fully saturated rings. The third-order valence-electron chi connectivity index (χ3n) is 3.72. The lowest BCUT2D eigenvalue weighted by atomic mass is 10.1. The summed E-state index contributed by atoms with van der Waals surface area (Å²) in [6, 6.07) is 10.4. The normalized spacial score (nSPS) is 12.8. The number of hydrogen-bond acceptors (Lipinski definition) is 4. The smallest absolute Gasteiger partial charge is 0.228 e. The van der Waals surface area contributed by atoms with Crippen LogP contribution in [0.3, 0.4) is 0 Å². The van der Waals surface area contributed by atoms with E-state index in [9.17, 15) is 9.59 Å². The Balaban J connectivity index is 1.65. The van der Waals surface area contributed by atoms with Gasteiger partial charge in [-0.15, -0.1) is 0 Å². The topological polar surface area (TPSA) is 76.7 Å². The van der Waals surface area contributed by atoms with Gasteiger partial charge in [-0.25, -0.2) is 0 Å². The van der Waals surface area contributed by atoms with Gasteiger partial charge in [0, 0.05) is 24.7 Å². The zero-order valence-electron chi connectivity index (χ0n) is 14.3. The van der Waals surface area contributed by atoms with E-state index in [4.69, 9.17) is 21.1 Å². The Morgan fingerprint density at radius 2 is 1.69 bits per heavy atom. The van der Waals surface area contributed by atoms with E-state index in [0.717, 1.165) is 12.0 Å². The first kappa shape index (κ1) is 18.1. The Morgan fingerprint density at radius 3 is 2.38 bits per heavy atom. The average Bonchev–Trinajstić information content (AvgIpc) is 2.82. The second kappa shape index (κ2) is 8.10. The predicted molar refractivity (Wildman–Crippen MR) is 100 cm³/mol. The Hall–Kier alpha value is -2.73. The number of ether oxygens (including phenoxy) is 2. The molecule has 0 radical (unpaired) electrons. The summed E-state index contributed by atoms with van der Waals surface area (Å²) in [5.41, 5.74) is 2.06. The van der Waals surface area contributed by atoms with E-state index >= 15 is 0 Å². The summed E-state index contributed by atoms with van der Waals surface area (Å²) in [6.07, 6.45) is 0.944. The average molecular weight is 375 g/mol. The second-order valence-corrected chi connectivity index (χ2v) is 6.35. The van der Waals surface area contributed by atoms with Crippen LogP contribution < -0.4 is 20.1 Å². The molecule has 0 aliphatic carbocycles. The molecular formula is C19H19ClN2O4. The number of halogens is 1. The SMILES string of the molecule is CC(=O)Nc1ccc(NC(=O)Cc2cc(Cl)c3c(c2)OCCCO3)cc1. The number of carbonyl (C=O) groups excluding carboxylic acids is 2. The molecule has 3 rings (SSSR count). The molecule has 0 spiro atoms. The van der Waals surface area contributed by atoms with Crippen LogP contribution in [0.15, 0.2) is 36.4 Å². The van der Waals surface area contributed by atoms with E-state index in [-0.39, 0.29) is 18.2 Å². The van der Waals surface area contributed by atoms with Gasteiger partial charge in [-0.3, -0.25) is 9.59 Å². The number of benzene rings is 2. The number of rotatable bonds is 4. The number of hydrogen-bond donors (Lipinski definition) is 2. The summed E-state index contributed by atoms with van der Waals surface area (Å²) in [5.74, 6) is 0.773. The number of anilines is 2. The molecule has 7 heteroatoms. The summed E-state index contributed by atoms with van der Waals surface area (Å²) in [5, 5.41) is 5.93. The van der Waals surface area contributed by atoms with Crippen molar-refractivity contribution in [3.63, 3.8) is 0 Å². The van der Waals surface area contributed by atoms with Crippen molar-refractivity contribution in [3.05, 3.63) is 47.0 Å². The van der Waals surface area contributed by atoms with Gasteiger partial charge in [0.05, 0.1) is 24.7 Å². The van der Waals surface area contributed by atoms with Gasteiger partial charge >= 0.3 is 0 Å². The van der Waals surface area contributed by atoms with E-state index in [1.165, 1.54) is 6.92 Å². The maximum Gasteiger partial charge on any atom is 0.228 e.